The lowest BCUT2D eigenvalue weighted by atomic mass is 10.2. The molecular formula is C12H14FNOS2. The summed E-state index contributed by atoms with van der Waals surface area (Å²) in [6.07, 6.45) is 0.971. The van der Waals surface area contributed by atoms with Crippen molar-refractivity contribution in [2.45, 2.75) is 11.3 Å². The third kappa shape index (κ3) is 3.16. The molecule has 1 amide bonds. The van der Waals surface area contributed by atoms with Gasteiger partial charge in [0.25, 0.3) is 5.91 Å². The minimum Gasteiger partial charge on any atom is -0.338 e. The van der Waals surface area contributed by atoms with E-state index in [9.17, 15) is 9.18 Å². The fraction of sp³-hybridized carbons (Fsp3) is 0.417. The van der Waals surface area contributed by atoms with Crippen molar-refractivity contribution in [1.29, 1.82) is 0 Å². The number of carbonyl (C=O) groups excluding carboxylic acids is 1. The van der Waals surface area contributed by atoms with Crippen LogP contribution in [0.1, 0.15) is 16.8 Å². The third-order valence-electron chi connectivity index (χ3n) is 2.69. The van der Waals surface area contributed by atoms with Crippen molar-refractivity contribution in [3.63, 3.8) is 0 Å². The van der Waals surface area contributed by atoms with Gasteiger partial charge in [-0.3, -0.25) is 4.79 Å². The molecule has 2 nitrogen and oxygen atoms in total. The number of hydrogen-bond acceptors (Lipinski definition) is 3. The fourth-order valence-corrected chi connectivity index (χ4v) is 2.89. The molecule has 0 radical (unpaired) electrons. The number of carbonyl (C=O) groups is 1. The summed E-state index contributed by atoms with van der Waals surface area (Å²) in [7, 11) is 0. The van der Waals surface area contributed by atoms with Gasteiger partial charge in [-0.25, -0.2) is 4.39 Å². The van der Waals surface area contributed by atoms with Crippen molar-refractivity contribution in [3.8, 4) is 0 Å². The highest BCUT2D eigenvalue weighted by Crippen LogP contribution is 2.18. The highest BCUT2D eigenvalue weighted by Gasteiger charge is 2.20. The molecule has 0 unspecified atom stereocenters. The van der Waals surface area contributed by atoms with Crippen molar-refractivity contribution in [3.05, 3.63) is 29.6 Å². The van der Waals surface area contributed by atoms with Crippen LogP contribution in [0.25, 0.3) is 0 Å². The van der Waals surface area contributed by atoms with Crippen molar-refractivity contribution < 1.29 is 9.18 Å². The van der Waals surface area contributed by atoms with E-state index in [4.69, 9.17) is 0 Å². The first-order chi connectivity index (χ1) is 8.18. The van der Waals surface area contributed by atoms with Crippen molar-refractivity contribution in [2.75, 3.05) is 24.6 Å². The minimum absolute atomic E-state index is 0.129. The van der Waals surface area contributed by atoms with Gasteiger partial charge in [0.1, 0.15) is 5.82 Å². The Kier molecular flexibility index (Phi) is 4.34. The number of hydrogen-bond donors (Lipinski definition) is 1. The summed E-state index contributed by atoms with van der Waals surface area (Å²) in [5, 5.41) is 0. The van der Waals surface area contributed by atoms with E-state index >= 15 is 0 Å². The predicted molar refractivity (Wildman–Crippen MR) is 71.5 cm³/mol. The second kappa shape index (κ2) is 5.78. The van der Waals surface area contributed by atoms with Crippen LogP contribution in [0.5, 0.6) is 0 Å². The molecule has 92 valence electrons. The van der Waals surface area contributed by atoms with Crippen LogP contribution in [-0.2, 0) is 0 Å². The number of amides is 1. The number of benzene rings is 1. The second-order valence-electron chi connectivity index (χ2n) is 3.92. The smallest absolute Gasteiger partial charge is 0.256 e. The zero-order chi connectivity index (χ0) is 12.3. The molecule has 5 heteroatoms. The van der Waals surface area contributed by atoms with E-state index in [0.29, 0.717) is 18.0 Å². The summed E-state index contributed by atoms with van der Waals surface area (Å²) in [6.45, 7) is 1.40. The maximum atomic E-state index is 13.6. The molecule has 1 aromatic rings. The average Bonchev–Trinajstić information content (AvgIpc) is 2.60. The van der Waals surface area contributed by atoms with E-state index in [2.05, 4.69) is 12.6 Å². The monoisotopic (exact) mass is 271 g/mol. The molecule has 1 aliphatic rings. The van der Waals surface area contributed by atoms with Gasteiger partial charge in [0, 0.05) is 23.7 Å². The summed E-state index contributed by atoms with van der Waals surface area (Å²) >= 11 is 5.98. The molecule has 1 fully saturated rings. The highest BCUT2D eigenvalue weighted by molar-refractivity contribution is 7.99. The molecule has 17 heavy (non-hydrogen) atoms. The van der Waals surface area contributed by atoms with Gasteiger partial charge in [-0.15, -0.1) is 12.6 Å². The van der Waals surface area contributed by atoms with E-state index < -0.39 is 5.82 Å². The van der Waals surface area contributed by atoms with E-state index in [0.717, 1.165) is 17.9 Å². The molecule has 1 heterocycles. The van der Waals surface area contributed by atoms with Gasteiger partial charge in [0.05, 0.1) is 5.56 Å². The van der Waals surface area contributed by atoms with Crippen LogP contribution in [0.15, 0.2) is 23.1 Å². The molecule has 0 atom stereocenters. The molecule has 1 aliphatic heterocycles. The number of thiol groups is 1. The van der Waals surface area contributed by atoms with E-state index in [1.54, 1.807) is 11.0 Å². The molecule has 1 saturated heterocycles. The summed E-state index contributed by atoms with van der Waals surface area (Å²) in [5.74, 6) is 1.30. The van der Waals surface area contributed by atoms with Crippen molar-refractivity contribution in [1.82, 2.24) is 4.90 Å². The summed E-state index contributed by atoms with van der Waals surface area (Å²) in [6, 6.07) is 4.34. The zero-order valence-corrected chi connectivity index (χ0v) is 11.1. The quantitative estimate of drug-likeness (QED) is 0.793. The normalized spacial score (nSPS) is 16.7. The Bertz CT molecular complexity index is 417. The Hall–Kier alpha value is -0.680. The van der Waals surface area contributed by atoms with Gasteiger partial charge in [0.15, 0.2) is 0 Å². The molecule has 0 spiro atoms. The summed E-state index contributed by atoms with van der Waals surface area (Å²) < 4.78 is 13.6. The minimum atomic E-state index is -0.468. The SMILES string of the molecule is O=C(c1cc(S)ccc1F)N1CCCSCC1. The highest BCUT2D eigenvalue weighted by atomic mass is 32.2. The van der Waals surface area contributed by atoms with Crippen LogP contribution < -0.4 is 0 Å². The molecule has 0 aromatic heterocycles. The third-order valence-corrected chi connectivity index (χ3v) is 4.02. The predicted octanol–water partition coefficient (Wildman–Crippen LogP) is 2.69. The Labute approximate surface area is 110 Å². The standard InChI is InChI=1S/C12H14FNOS2/c13-11-3-2-9(16)8-10(11)12(15)14-4-1-6-17-7-5-14/h2-3,8,16H,1,4-7H2. The Balaban J connectivity index is 2.20. The van der Waals surface area contributed by atoms with Crippen molar-refractivity contribution in [2.24, 2.45) is 0 Å². The molecule has 0 saturated carbocycles. The van der Waals surface area contributed by atoms with Crippen LogP contribution in [-0.4, -0.2) is 35.4 Å². The Morgan fingerprint density at radius 3 is 3.00 bits per heavy atom. The molecule has 0 aliphatic carbocycles. The Morgan fingerprint density at radius 2 is 2.18 bits per heavy atom. The second-order valence-corrected chi connectivity index (χ2v) is 5.66. The van der Waals surface area contributed by atoms with E-state index in [1.165, 1.54) is 12.1 Å². The fourth-order valence-electron chi connectivity index (χ4n) is 1.80. The lowest BCUT2D eigenvalue weighted by Crippen LogP contribution is -2.33. The molecule has 2 rings (SSSR count). The van der Waals surface area contributed by atoms with Crippen LogP contribution >= 0.6 is 24.4 Å². The topological polar surface area (TPSA) is 20.3 Å². The summed E-state index contributed by atoms with van der Waals surface area (Å²) in [5.41, 5.74) is 0.129. The van der Waals surface area contributed by atoms with Crippen LogP contribution in [0, 0.1) is 5.82 Å². The van der Waals surface area contributed by atoms with Gasteiger partial charge < -0.3 is 4.90 Å². The van der Waals surface area contributed by atoms with Gasteiger partial charge >= 0.3 is 0 Å². The lowest BCUT2D eigenvalue weighted by molar-refractivity contribution is 0.0763. The van der Waals surface area contributed by atoms with Gasteiger partial charge in [-0.05, 0) is 30.4 Å². The molecule has 0 bridgehead atoms. The number of nitrogens with zero attached hydrogens (tertiary/aromatic N) is 1. The van der Waals surface area contributed by atoms with Gasteiger partial charge in [-0.2, -0.15) is 11.8 Å². The maximum Gasteiger partial charge on any atom is 0.256 e. The summed E-state index contributed by atoms with van der Waals surface area (Å²) in [4.78, 5) is 14.5. The largest absolute Gasteiger partial charge is 0.338 e. The first-order valence-corrected chi connectivity index (χ1v) is 7.14. The first kappa shape index (κ1) is 12.8. The number of thioether (sulfide) groups is 1. The zero-order valence-electron chi connectivity index (χ0n) is 9.36. The first-order valence-electron chi connectivity index (χ1n) is 5.54. The average molecular weight is 271 g/mol. The van der Waals surface area contributed by atoms with Gasteiger partial charge in [0.2, 0.25) is 0 Å². The number of halogens is 1. The lowest BCUT2D eigenvalue weighted by Gasteiger charge is -2.20. The molecule has 0 N–H and O–H groups in total. The molecular weight excluding hydrogens is 257 g/mol. The molecule has 1 aromatic carbocycles. The van der Waals surface area contributed by atoms with E-state index in [-0.39, 0.29) is 11.5 Å². The number of rotatable bonds is 1. The maximum absolute atomic E-state index is 13.6. The van der Waals surface area contributed by atoms with Crippen LogP contribution in [0.3, 0.4) is 0 Å². The van der Waals surface area contributed by atoms with E-state index in [1.807, 2.05) is 11.8 Å². The Morgan fingerprint density at radius 1 is 1.35 bits per heavy atom. The van der Waals surface area contributed by atoms with Crippen molar-refractivity contribution >= 4 is 30.3 Å². The van der Waals surface area contributed by atoms with Gasteiger partial charge in [-0.1, -0.05) is 0 Å². The van der Waals surface area contributed by atoms with Crippen LogP contribution in [0.4, 0.5) is 4.39 Å². The van der Waals surface area contributed by atoms with Crippen LogP contribution in [0.2, 0.25) is 0 Å².